The highest BCUT2D eigenvalue weighted by Crippen LogP contribution is 2.09. The molecule has 0 aromatic carbocycles. The maximum absolute atomic E-state index is 5.36. The Labute approximate surface area is 98.2 Å². The second-order valence-electron chi connectivity index (χ2n) is 4.01. The van der Waals surface area contributed by atoms with Gasteiger partial charge in [-0.15, -0.1) is 0 Å². The lowest BCUT2D eigenvalue weighted by Gasteiger charge is -2.12. The van der Waals surface area contributed by atoms with Gasteiger partial charge in [-0.25, -0.2) is 4.98 Å². The van der Waals surface area contributed by atoms with Crippen molar-refractivity contribution in [3.05, 3.63) is 23.9 Å². The molecule has 1 aromatic heterocycles. The number of pyridine rings is 1. The van der Waals surface area contributed by atoms with Gasteiger partial charge in [0.05, 0.1) is 6.61 Å². The van der Waals surface area contributed by atoms with Crippen molar-refractivity contribution in [2.75, 3.05) is 6.61 Å². The van der Waals surface area contributed by atoms with Gasteiger partial charge in [-0.2, -0.15) is 0 Å². The third-order valence-electron chi connectivity index (χ3n) is 2.47. The Kier molecular flexibility index (Phi) is 5.86. The topological polar surface area (TPSA) is 34.2 Å². The van der Waals surface area contributed by atoms with Crippen LogP contribution in [0.1, 0.15) is 39.2 Å². The summed E-state index contributed by atoms with van der Waals surface area (Å²) in [5.74, 6) is 0.713. The zero-order valence-corrected chi connectivity index (χ0v) is 10.5. The van der Waals surface area contributed by atoms with E-state index >= 15 is 0 Å². The molecule has 0 radical (unpaired) electrons. The van der Waals surface area contributed by atoms with E-state index in [0.717, 1.165) is 6.54 Å². The van der Waals surface area contributed by atoms with Gasteiger partial charge in [-0.1, -0.05) is 13.3 Å². The second kappa shape index (κ2) is 7.23. The molecule has 0 bridgehead atoms. The molecule has 1 rings (SSSR count). The number of ether oxygens (including phenoxy) is 1. The zero-order chi connectivity index (χ0) is 11.8. The molecule has 0 amide bonds. The molecule has 3 nitrogen and oxygen atoms in total. The van der Waals surface area contributed by atoms with Crippen molar-refractivity contribution in [1.29, 1.82) is 0 Å². The van der Waals surface area contributed by atoms with Crippen LogP contribution >= 0.6 is 0 Å². The normalized spacial score (nSPS) is 12.4. The Morgan fingerprint density at radius 2 is 2.25 bits per heavy atom. The lowest BCUT2D eigenvalue weighted by molar-refractivity contribution is 0.326. The number of hydrogen-bond donors (Lipinski definition) is 1. The first-order valence-electron chi connectivity index (χ1n) is 6.07. The number of hydrogen-bond acceptors (Lipinski definition) is 3. The summed E-state index contributed by atoms with van der Waals surface area (Å²) in [4.78, 5) is 4.14. The fraction of sp³-hybridized carbons (Fsp3) is 0.615. The zero-order valence-electron chi connectivity index (χ0n) is 10.5. The van der Waals surface area contributed by atoms with Crippen LogP contribution in [-0.4, -0.2) is 17.6 Å². The number of nitrogens with one attached hydrogen (secondary N) is 1. The summed E-state index contributed by atoms with van der Waals surface area (Å²) < 4.78 is 5.36. The van der Waals surface area contributed by atoms with Crippen LogP contribution in [-0.2, 0) is 6.54 Å². The lowest BCUT2D eigenvalue weighted by atomic mass is 10.2. The van der Waals surface area contributed by atoms with Gasteiger partial charge in [-0.05, 0) is 31.9 Å². The largest absolute Gasteiger partial charge is 0.478 e. The average Bonchev–Trinajstić information content (AvgIpc) is 2.28. The Balaban J connectivity index is 2.44. The third-order valence-corrected chi connectivity index (χ3v) is 2.47. The smallest absolute Gasteiger partial charge is 0.213 e. The van der Waals surface area contributed by atoms with Crippen LogP contribution in [0.3, 0.4) is 0 Å². The Hall–Kier alpha value is -1.09. The van der Waals surface area contributed by atoms with Gasteiger partial charge < -0.3 is 10.1 Å². The predicted molar refractivity (Wildman–Crippen MR) is 66.6 cm³/mol. The van der Waals surface area contributed by atoms with E-state index in [1.807, 2.05) is 19.1 Å². The Morgan fingerprint density at radius 1 is 1.44 bits per heavy atom. The summed E-state index contributed by atoms with van der Waals surface area (Å²) in [6.45, 7) is 7.93. The SMILES string of the molecule is CCCC(C)NCc1ccnc(OCC)c1. The molecule has 0 fully saturated rings. The van der Waals surface area contributed by atoms with Crippen molar-refractivity contribution in [3.63, 3.8) is 0 Å². The molecule has 90 valence electrons. The lowest BCUT2D eigenvalue weighted by Crippen LogP contribution is -2.25. The molecular formula is C13H22N2O. The maximum Gasteiger partial charge on any atom is 0.213 e. The molecule has 1 atom stereocenters. The van der Waals surface area contributed by atoms with E-state index < -0.39 is 0 Å². The highest BCUT2D eigenvalue weighted by atomic mass is 16.5. The van der Waals surface area contributed by atoms with E-state index in [1.54, 1.807) is 6.20 Å². The van der Waals surface area contributed by atoms with E-state index in [2.05, 4.69) is 24.1 Å². The molecular weight excluding hydrogens is 200 g/mol. The van der Waals surface area contributed by atoms with Crippen molar-refractivity contribution < 1.29 is 4.74 Å². The van der Waals surface area contributed by atoms with Crippen LogP contribution in [0.5, 0.6) is 5.88 Å². The van der Waals surface area contributed by atoms with Crippen LogP contribution < -0.4 is 10.1 Å². The van der Waals surface area contributed by atoms with Crippen molar-refractivity contribution >= 4 is 0 Å². The molecule has 1 aromatic rings. The monoisotopic (exact) mass is 222 g/mol. The highest BCUT2D eigenvalue weighted by Gasteiger charge is 2.01. The van der Waals surface area contributed by atoms with Gasteiger partial charge in [0.1, 0.15) is 0 Å². The molecule has 0 aliphatic heterocycles. The van der Waals surface area contributed by atoms with E-state index in [9.17, 15) is 0 Å². The first kappa shape index (κ1) is 13.0. The van der Waals surface area contributed by atoms with Crippen molar-refractivity contribution in [3.8, 4) is 5.88 Å². The summed E-state index contributed by atoms with van der Waals surface area (Å²) >= 11 is 0. The Bertz CT molecular complexity index is 302. The summed E-state index contributed by atoms with van der Waals surface area (Å²) in [7, 11) is 0. The van der Waals surface area contributed by atoms with E-state index in [1.165, 1.54) is 18.4 Å². The standard InChI is InChI=1S/C13H22N2O/c1-4-6-11(3)15-10-12-7-8-14-13(9-12)16-5-2/h7-9,11,15H,4-6,10H2,1-3H3. The van der Waals surface area contributed by atoms with Gasteiger partial charge in [0.15, 0.2) is 0 Å². The van der Waals surface area contributed by atoms with Crippen LogP contribution in [0.2, 0.25) is 0 Å². The highest BCUT2D eigenvalue weighted by molar-refractivity contribution is 5.20. The molecule has 0 spiro atoms. The van der Waals surface area contributed by atoms with Crippen LogP contribution in [0.4, 0.5) is 0 Å². The minimum absolute atomic E-state index is 0.564. The number of aromatic nitrogens is 1. The fourth-order valence-corrected chi connectivity index (χ4v) is 1.61. The molecule has 0 saturated heterocycles. The van der Waals surface area contributed by atoms with Gasteiger partial charge in [0.25, 0.3) is 0 Å². The quantitative estimate of drug-likeness (QED) is 0.770. The molecule has 1 heterocycles. The maximum atomic E-state index is 5.36. The minimum Gasteiger partial charge on any atom is -0.478 e. The second-order valence-corrected chi connectivity index (χ2v) is 4.01. The molecule has 0 aliphatic carbocycles. The summed E-state index contributed by atoms with van der Waals surface area (Å²) in [5.41, 5.74) is 1.22. The van der Waals surface area contributed by atoms with Gasteiger partial charge in [0, 0.05) is 24.8 Å². The van der Waals surface area contributed by atoms with Gasteiger partial charge in [0.2, 0.25) is 5.88 Å². The van der Waals surface area contributed by atoms with E-state index in [-0.39, 0.29) is 0 Å². The molecule has 3 heteroatoms. The van der Waals surface area contributed by atoms with Gasteiger partial charge >= 0.3 is 0 Å². The molecule has 16 heavy (non-hydrogen) atoms. The average molecular weight is 222 g/mol. The first-order valence-corrected chi connectivity index (χ1v) is 6.07. The Morgan fingerprint density at radius 3 is 2.94 bits per heavy atom. The van der Waals surface area contributed by atoms with Gasteiger partial charge in [-0.3, -0.25) is 0 Å². The van der Waals surface area contributed by atoms with E-state index in [0.29, 0.717) is 18.5 Å². The predicted octanol–water partition coefficient (Wildman–Crippen LogP) is 2.76. The van der Waals surface area contributed by atoms with Crippen LogP contribution in [0.25, 0.3) is 0 Å². The molecule has 0 aliphatic rings. The summed E-state index contributed by atoms with van der Waals surface area (Å²) in [6, 6.07) is 4.58. The molecule has 1 unspecified atom stereocenters. The van der Waals surface area contributed by atoms with Crippen molar-refractivity contribution in [2.45, 2.75) is 46.2 Å². The minimum atomic E-state index is 0.564. The van der Waals surface area contributed by atoms with Crippen molar-refractivity contribution in [2.24, 2.45) is 0 Å². The summed E-state index contributed by atoms with van der Waals surface area (Å²) in [6.07, 6.45) is 4.23. The molecule has 0 saturated carbocycles. The molecule has 1 N–H and O–H groups in total. The van der Waals surface area contributed by atoms with E-state index in [4.69, 9.17) is 4.74 Å². The third kappa shape index (κ3) is 4.62. The van der Waals surface area contributed by atoms with Crippen LogP contribution in [0.15, 0.2) is 18.3 Å². The fourth-order valence-electron chi connectivity index (χ4n) is 1.61. The summed E-state index contributed by atoms with van der Waals surface area (Å²) in [5, 5.41) is 3.49. The number of nitrogens with zero attached hydrogens (tertiary/aromatic N) is 1. The van der Waals surface area contributed by atoms with Crippen LogP contribution in [0, 0.1) is 0 Å². The first-order chi connectivity index (χ1) is 7.76. The van der Waals surface area contributed by atoms with Crippen molar-refractivity contribution in [1.82, 2.24) is 10.3 Å². The number of rotatable bonds is 7.